The molecule has 2 aromatic carbocycles. The van der Waals surface area contributed by atoms with Crippen LogP contribution in [0, 0.1) is 5.92 Å². The molecule has 19 heavy (non-hydrogen) atoms. The van der Waals surface area contributed by atoms with E-state index in [1.54, 1.807) is 24.3 Å². The van der Waals surface area contributed by atoms with Gasteiger partial charge in [-0.05, 0) is 41.3 Å². The molecule has 0 spiro atoms. The fraction of sp³-hybridized carbons (Fsp3) is 0.294. The summed E-state index contributed by atoms with van der Waals surface area (Å²) in [7, 11) is 0. The number of aromatic hydroxyl groups is 2. The highest BCUT2D eigenvalue weighted by atomic mass is 16.3. The Hall–Kier alpha value is -1.96. The molecule has 0 aromatic heterocycles. The minimum atomic E-state index is 0.284. The molecule has 2 aromatic rings. The van der Waals surface area contributed by atoms with Crippen LogP contribution in [0.2, 0.25) is 0 Å². The van der Waals surface area contributed by atoms with Crippen molar-refractivity contribution in [1.29, 1.82) is 0 Å². The van der Waals surface area contributed by atoms with Gasteiger partial charge in [-0.2, -0.15) is 0 Å². The van der Waals surface area contributed by atoms with Crippen molar-refractivity contribution in [2.24, 2.45) is 5.92 Å². The van der Waals surface area contributed by atoms with Gasteiger partial charge < -0.3 is 10.2 Å². The molecule has 0 aliphatic rings. The largest absolute Gasteiger partial charge is 0.508 e. The summed E-state index contributed by atoms with van der Waals surface area (Å²) < 4.78 is 0. The maximum Gasteiger partial charge on any atom is 0.115 e. The quantitative estimate of drug-likeness (QED) is 0.857. The second-order valence-electron chi connectivity index (χ2n) is 5.05. The lowest BCUT2D eigenvalue weighted by Crippen LogP contribution is -2.10. The van der Waals surface area contributed by atoms with E-state index in [9.17, 15) is 10.2 Å². The third-order valence-electron chi connectivity index (χ3n) is 3.72. The zero-order valence-corrected chi connectivity index (χ0v) is 11.4. The van der Waals surface area contributed by atoms with E-state index in [0.717, 1.165) is 6.42 Å². The van der Waals surface area contributed by atoms with Crippen LogP contribution in [0.25, 0.3) is 0 Å². The lowest BCUT2D eigenvalue weighted by molar-refractivity contribution is 0.470. The third kappa shape index (κ3) is 3.08. The first-order chi connectivity index (χ1) is 9.11. The summed E-state index contributed by atoms with van der Waals surface area (Å²) in [4.78, 5) is 0. The molecule has 2 N–H and O–H groups in total. The van der Waals surface area contributed by atoms with Crippen LogP contribution < -0.4 is 0 Å². The molecular weight excluding hydrogens is 236 g/mol. The number of rotatable bonds is 4. The molecule has 0 saturated heterocycles. The zero-order valence-electron chi connectivity index (χ0n) is 11.4. The topological polar surface area (TPSA) is 40.5 Å². The summed E-state index contributed by atoms with van der Waals surface area (Å²) in [5.41, 5.74) is 2.38. The third-order valence-corrected chi connectivity index (χ3v) is 3.72. The highest BCUT2D eigenvalue weighted by molar-refractivity contribution is 5.38. The molecule has 1 unspecified atom stereocenters. The van der Waals surface area contributed by atoms with Crippen molar-refractivity contribution < 1.29 is 10.2 Å². The van der Waals surface area contributed by atoms with Gasteiger partial charge in [0.05, 0.1) is 0 Å². The van der Waals surface area contributed by atoms with E-state index in [0.29, 0.717) is 5.92 Å². The van der Waals surface area contributed by atoms with Gasteiger partial charge in [0, 0.05) is 5.92 Å². The van der Waals surface area contributed by atoms with Crippen LogP contribution in [-0.4, -0.2) is 10.2 Å². The van der Waals surface area contributed by atoms with E-state index in [4.69, 9.17) is 0 Å². The lowest BCUT2D eigenvalue weighted by Gasteiger charge is -2.24. The SMILES string of the molecule is CCC(C)C(c1ccc(O)cc1)c1ccc(O)cc1. The molecule has 0 amide bonds. The van der Waals surface area contributed by atoms with Gasteiger partial charge in [0.2, 0.25) is 0 Å². The Morgan fingerprint density at radius 2 is 1.16 bits per heavy atom. The maximum absolute atomic E-state index is 9.41. The van der Waals surface area contributed by atoms with Crippen LogP contribution >= 0.6 is 0 Å². The van der Waals surface area contributed by atoms with Crippen LogP contribution in [0.3, 0.4) is 0 Å². The van der Waals surface area contributed by atoms with Gasteiger partial charge in [-0.3, -0.25) is 0 Å². The van der Waals surface area contributed by atoms with Crippen molar-refractivity contribution >= 4 is 0 Å². The van der Waals surface area contributed by atoms with Crippen LogP contribution in [0.1, 0.15) is 37.3 Å². The van der Waals surface area contributed by atoms with Gasteiger partial charge in [0.15, 0.2) is 0 Å². The van der Waals surface area contributed by atoms with Crippen LogP contribution in [0.5, 0.6) is 11.5 Å². The first-order valence-electron chi connectivity index (χ1n) is 6.69. The van der Waals surface area contributed by atoms with Gasteiger partial charge in [0.1, 0.15) is 11.5 Å². The summed E-state index contributed by atoms with van der Waals surface area (Å²) in [6.07, 6.45) is 1.08. The Balaban J connectivity index is 2.41. The van der Waals surface area contributed by atoms with Crippen molar-refractivity contribution in [3.05, 3.63) is 59.7 Å². The second kappa shape index (κ2) is 5.79. The van der Waals surface area contributed by atoms with E-state index in [1.807, 2.05) is 24.3 Å². The first-order valence-corrected chi connectivity index (χ1v) is 6.69. The van der Waals surface area contributed by atoms with Gasteiger partial charge in [-0.1, -0.05) is 44.5 Å². The summed E-state index contributed by atoms with van der Waals surface area (Å²) in [5.74, 6) is 1.36. The van der Waals surface area contributed by atoms with Gasteiger partial charge >= 0.3 is 0 Å². The molecule has 2 rings (SSSR count). The lowest BCUT2D eigenvalue weighted by atomic mass is 9.80. The molecule has 0 saturated carbocycles. The normalized spacial score (nSPS) is 12.6. The Kier molecular flexibility index (Phi) is 4.10. The standard InChI is InChI=1S/C17H20O2/c1-3-12(2)17(13-4-8-15(18)9-5-13)14-6-10-16(19)11-7-14/h4-12,17-19H,3H2,1-2H3. The number of benzene rings is 2. The first kappa shape index (κ1) is 13.5. The molecule has 0 fully saturated rings. The average molecular weight is 256 g/mol. The van der Waals surface area contributed by atoms with Crippen molar-refractivity contribution in [3.63, 3.8) is 0 Å². The predicted octanol–water partition coefficient (Wildman–Crippen LogP) is 4.28. The van der Waals surface area contributed by atoms with Gasteiger partial charge in [-0.15, -0.1) is 0 Å². The summed E-state index contributed by atoms with van der Waals surface area (Å²) in [6, 6.07) is 14.8. The molecule has 2 nitrogen and oxygen atoms in total. The highest BCUT2D eigenvalue weighted by Crippen LogP contribution is 2.35. The van der Waals surface area contributed by atoms with Gasteiger partial charge in [0.25, 0.3) is 0 Å². The number of hydrogen-bond donors (Lipinski definition) is 2. The van der Waals surface area contributed by atoms with Crippen LogP contribution in [0.15, 0.2) is 48.5 Å². The van der Waals surface area contributed by atoms with Crippen molar-refractivity contribution in [3.8, 4) is 11.5 Å². The van der Waals surface area contributed by atoms with E-state index < -0.39 is 0 Å². The van der Waals surface area contributed by atoms with E-state index >= 15 is 0 Å². The van der Waals surface area contributed by atoms with Crippen molar-refractivity contribution in [1.82, 2.24) is 0 Å². The number of hydrogen-bond acceptors (Lipinski definition) is 2. The second-order valence-corrected chi connectivity index (χ2v) is 5.05. The van der Waals surface area contributed by atoms with Crippen molar-refractivity contribution in [2.45, 2.75) is 26.2 Å². The minimum absolute atomic E-state index is 0.284. The maximum atomic E-state index is 9.41. The summed E-state index contributed by atoms with van der Waals surface area (Å²) in [6.45, 7) is 4.41. The molecule has 2 heteroatoms. The Morgan fingerprint density at radius 1 is 0.789 bits per heavy atom. The zero-order chi connectivity index (χ0) is 13.8. The summed E-state index contributed by atoms with van der Waals surface area (Å²) >= 11 is 0. The fourth-order valence-electron chi connectivity index (χ4n) is 2.45. The molecular formula is C17H20O2. The molecule has 0 aliphatic heterocycles. The molecule has 0 aliphatic carbocycles. The molecule has 0 heterocycles. The monoisotopic (exact) mass is 256 g/mol. The Morgan fingerprint density at radius 3 is 1.47 bits per heavy atom. The minimum Gasteiger partial charge on any atom is -0.508 e. The van der Waals surface area contributed by atoms with Gasteiger partial charge in [-0.25, -0.2) is 0 Å². The predicted molar refractivity (Wildman–Crippen MR) is 77.5 cm³/mol. The molecule has 1 atom stereocenters. The smallest absolute Gasteiger partial charge is 0.115 e. The van der Waals surface area contributed by atoms with Crippen molar-refractivity contribution in [2.75, 3.05) is 0 Å². The molecule has 0 radical (unpaired) electrons. The van der Waals surface area contributed by atoms with Crippen LogP contribution in [-0.2, 0) is 0 Å². The van der Waals surface area contributed by atoms with E-state index in [2.05, 4.69) is 13.8 Å². The molecule has 0 bridgehead atoms. The molecule has 100 valence electrons. The Labute approximate surface area is 114 Å². The van der Waals surface area contributed by atoms with E-state index in [1.165, 1.54) is 11.1 Å². The Bertz CT molecular complexity index is 468. The summed E-state index contributed by atoms with van der Waals surface area (Å²) in [5, 5.41) is 18.8. The fourth-order valence-corrected chi connectivity index (χ4v) is 2.45. The van der Waals surface area contributed by atoms with E-state index in [-0.39, 0.29) is 17.4 Å². The highest BCUT2D eigenvalue weighted by Gasteiger charge is 2.20. The average Bonchev–Trinajstić information content (AvgIpc) is 2.43. The number of phenols is 2. The number of phenolic OH excluding ortho intramolecular Hbond substituents is 2. The van der Waals surface area contributed by atoms with Crippen LogP contribution in [0.4, 0.5) is 0 Å².